The van der Waals surface area contributed by atoms with E-state index in [1.165, 1.54) is 58.4 Å². The minimum atomic E-state index is 0.764. The molecule has 4 saturated heterocycles. The summed E-state index contributed by atoms with van der Waals surface area (Å²) >= 11 is 0. The van der Waals surface area contributed by atoms with Crippen LogP contribution in [0.25, 0.3) is 0 Å². The van der Waals surface area contributed by atoms with Gasteiger partial charge in [0.05, 0.1) is 0 Å². The summed E-state index contributed by atoms with van der Waals surface area (Å²) in [4.78, 5) is 5.29. The van der Waals surface area contributed by atoms with Crippen LogP contribution in [0.3, 0.4) is 0 Å². The van der Waals surface area contributed by atoms with Gasteiger partial charge in [0, 0.05) is 25.2 Å². The van der Waals surface area contributed by atoms with E-state index in [0.717, 1.165) is 18.0 Å². The van der Waals surface area contributed by atoms with E-state index in [1.807, 2.05) is 0 Å². The number of piperidine rings is 3. The van der Waals surface area contributed by atoms with Crippen LogP contribution in [0, 0.1) is 5.92 Å². The number of hydrogen-bond acceptors (Lipinski definition) is 3. The van der Waals surface area contributed by atoms with Gasteiger partial charge >= 0.3 is 0 Å². The van der Waals surface area contributed by atoms with Crippen molar-refractivity contribution in [2.24, 2.45) is 5.92 Å². The number of nitrogens with one attached hydrogen (secondary N) is 1. The zero-order chi connectivity index (χ0) is 11.0. The van der Waals surface area contributed by atoms with Crippen molar-refractivity contribution >= 4 is 0 Å². The number of likely N-dealkylation sites (N-methyl/N-ethyl adjacent to an activating group) is 1. The lowest BCUT2D eigenvalue weighted by Crippen LogP contribution is -2.57. The summed E-state index contributed by atoms with van der Waals surface area (Å²) in [7, 11) is 2.34. The van der Waals surface area contributed by atoms with E-state index in [1.54, 1.807) is 0 Å². The predicted molar refractivity (Wildman–Crippen MR) is 66.6 cm³/mol. The quantitative estimate of drug-likeness (QED) is 0.762. The highest BCUT2D eigenvalue weighted by molar-refractivity contribution is 4.92. The Balaban J connectivity index is 1.55. The maximum absolute atomic E-state index is 3.62. The molecule has 0 aliphatic carbocycles. The summed E-state index contributed by atoms with van der Waals surface area (Å²) in [6, 6.07) is 1.60. The van der Waals surface area contributed by atoms with Crippen LogP contribution in [0.4, 0.5) is 0 Å². The molecular formula is C13H25N3. The summed E-state index contributed by atoms with van der Waals surface area (Å²) in [6.07, 6.45) is 5.63. The summed E-state index contributed by atoms with van der Waals surface area (Å²) < 4.78 is 0. The van der Waals surface area contributed by atoms with Gasteiger partial charge in [-0.05, 0) is 58.3 Å². The van der Waals surface area contributed by atoms with Crippen molar-refractivity contribution in [2.45, 2.75) is 37.8 Å². The molecule has 2 bridgehead atoms. The van der Waals surface area contributed by atoms with Crippen molar-refractivity contribution < 1.29 is 0 Å². The molecule has 3 nitrogen and oxygen atoms in total. The Morgan fingerprint density at radius 2 is 2.06 bits per heavy atom. The Bertz CT molecular complexity index is 229. The molecule has 16 heavy (non-hydrogen) atoms. The molecular weight excluding hydrogens is 198 g/mol. The molecule has 0 radical (unpaired) electrons. The lowest BCUT2D eigenvalue weighted by Gasteiger charge is -2.48. The maximum atomic E-state index is 3.62. The molecule has 1 N–H and O–H groups in total. The topological polar surface area (TPSA) is 18.5 Å². The first-order valence-corrected chi connectivity index (χ1v) is 6.99. The SMILES string of the molecule is CN(CC1CCCN1)C1CN2CCC1CC2. The second-order valence-corrected chi connectivity index (χ2v) is 5.94. The number of rotatable bonds is 3. The fraction of sp³-hybridized carbons (Fsp3) is 1.00. The minimum Gasteiger partial charge on any atom is -0.313 e. The zero-order valence-electron chi connectivity index (χ0n) is 10.5. The molecule has 0 amide bonds. The average Bonchev–Trinajstić information content (AvgIpc) is 2.83. The van der Waals surface area contributed by atoms with E-state index in [0.29, 0.717) is 0 Å². The standard InChI is InChI=1S/C13H25N3/c1-15(9-12-3-2-6-14-12)13-10-16-7-4-11(13)5-8-16/h11-14H,2-10H2,1H3. The van der Waals surface area contributed by atoms with Crippen molar-refractivity contribution in [3.05, 3.63) is 0 Å². The van der Waals surface area contributed by atoms with Gasteiger partial charge in [0.1, 0.15) is 0 Å². The molecule has 4 heterocycles. The van der Waals surface area contributed by atoms with Crippen LogP contribution in [0.2, 0.25) is 0 Å². The van der Waals surface area contributed by atoms with Crippen LogP contribution in [0.5, 0.6) is 0 Å². The van der Waals surface area contributed by atoms with E-state index in [2.05, 4.69) is 22.2 Å². The van der Waals surface area contributed by atoms with Gasteiger partial charge in [-0.2, -0.15) is 0 Å². The molecule has 4 fully saturated rings. The molecule has 0 saturated carbocycles. The first-order chi connectivity index (χ1) is 7.83. The van der Waals surface area contributed by atoms with Crippen molar-refractivity contribution in [3.8, 4) is 0 Å². The summed E-state index contributed by atoms with van der Waals surface area (Å²) in [6.45, 7) is 6.54. The molecule has 0 aromatic heterocycles. The van der Waals surface area contributed by atoms with E-state index in [-0.39, 0.29) is 0 Å². The van der Waals surface area contributed by atoms with Gasteiger partial charge in [-0.15, -0.1) is 0 Å². The molecule has 0 aromatic carbocycles. The highest BCUT2D eigenvalue weighted by Crippen LogP contribution is 2.30. The van der Waals surface area contributed by atoms with Gasteiger partial charge in [0.15, 0.2) is 0 Å². The van der Waals surface area contributed by atoms with Gasteiger partial charge in [0.25, 0.3) is 0 Å². The highest BCUT2D eigenvalue weighted by atomic mass is 15.2. The lowest BCUT2D eigenvalue weighted by molar-refractivity contribution is 0.0140. The fourth-order valence-corrected chi connectivity index (χ4v) is 3.83. The molecule has 0 aromatic rings. The van der Waals surface area contributed by atoms with Crippen molar-refractivity contribution in [2.75, 3.05) is 39.8 Å². The molecule has 2 unspecified atom stereocenters. The largest absolute Gasteiger partial charge is 0.313 e. The molecule has 2 atom stereocenters. The molecule has 4 aliphatic heterocycles. The van der Waals surface area contributed by atoms with Gasteiger partial charge in [-0.3, -0.25) is 0 Å². The van der Waals surface area contributed by atoms with E-state index in [9.17, 15) is 0 Å². The van der Waals surface area contributed by atoms with Crippen LogP contribution < -0.4 is 5.32 Å². The normalized spacial score (nSPS) is 43.1. The Hall–Kier alpha value is -0.120. The smallest absolute Gasteiger partial charge is 0.0249 e. The van der Waals surface area contributed by atoms with Crippen molar-refractivity contribution in [1.29, 1.82) is 0 Å². The second-order valence-electron chi connectivity index (χ2n) is 5.94. The predicted octanol–water partition coefficient (Wildman–Crippen LogP) is 0.764. The number of nitrogens with zero attached hydrogens (tertiary/aromatic N) is 2. The molecule has 0 spiro atoms. The average molecular weight is 223 g/mol. The second kappa shape index (κ2) is 4.63. The van der Waals surface area contributed by atoms with Crippen LogP contribution >= 0.6 is 0 Å². The van der Waals surface area contributed by atoms with E-state index in [4.69, 9.17) is 0 Å². The Kier molecular flexibility index (Phi) is 3.18. The Labute approximate surface area is 99.2 Å². The highest BCUT2D eigenvalue weighted by Gasteiger charge is 2.36. The number of fused-ring (bicyclic) bond motifs is 3. The van der Waals surface area contributed by atoms with Crippen LogP contribution in [-0.2, 0) is 0 Å². The molecule has 92 valence electrons. The maximum Gasteiger partial charge on any atom is 0.0249 e. The Morgan fingerprint density at radius 3 is 2.62 bits per heavy atom. The monoisotopic (exact) mass is 223 g/mol. The Morgan fingerprint density at radius 1 is 1.25 bits per heavy atom. The van der Waals surface area contributed by atoms with Gasteiger partial charge in [0.2, 0.25) is 0 Å². The van der Waals surface area contributed by atoms with E-state index >= 15 is 0 Å². The summed E-state index contributed by atoms with van der Waals surface area (Å²) in [5.41, 5.74) is 0. The van der Waals surface area contributed by atoms with Crippen molar-refractivity contribution in [1.82, 2.24) is 15.1 Å². The van der Waals surface area contributed by atoms with Crippen LogP contribution in [0.1, 0.15) is 25.7 Å². The zero-order valence-corrected chi connectivity index (χ0v) is 10.5. The van der Waals surface area contributed by atoms with E-state index < -0.39 is 0 Å². The van der Waals surface area contributed by atoms with Gasteiger partial charge in [-0.25, -0.2) is 0 Å². The molecule has 4 rings (SSSR count). The van der Waals surface area contributed by atoms with Crippen LogP contribution in [-0.4, -0.2) is 61.7 Å². The first kappa shape index (κ1) is 11.0. The lowest BCUT2D eigenvalue weighted by atomic mass is 9.83. The third-order valence-electron chi connectivity index (χ3n) is 4.86. The van der Waals surface area contributed by atoms with Gasteiger partial charge < -0.3 is 15.1 Å². The molecule has 3 heteroatoms. The minimum absolute atomic E-state index is 0.764. The van der Waals surface area contributed by atoms with Crippen LogP contribution in [0.15, 0.2) is 0 Å². The first-order valence-electron chi connectivity index (χ1n) is 6.99. The van der Waals surface area contributed by atoms with Crippen molar-refractivity contribution in [3.63, 3.8) is 0 Å². The third-order valence-corrected chi connectivity index (χ3v) is 4.86. The third kappa shape index (κ3) is 2.13. The fourth-order valence-electron chi connectivity index (χ4n) is 3.83. The molecule has 4 aliphatic rings. The van der Waals surface area contributed by atoms with Gasteiger partial charge in [-0.1, -0.05) is 0 Å². The summed E-state index contributed by atoms with van der Waals surface area (Å²) in [5, 5.41) is 3.62. The summed E-state index contributed by atoms with van der Waals surface area (Å²) in [5.74, 6) is 0.983. The number of hydrogen-bond donors (Lipinski definition) is 1.